The molecule has 0 radical (unpaired) electrons. The number of nitrogens with one attached hydrogen (secondary N) is 1. The molecule has 0 saturated carbocycles. The second-order valence-corrected chi connectivity index (χ2v) is 2.54. The topological polar surface area (TPSA) is 50.4 Å². The first kappa shape index (κ1) is 5.53. The third-order valence-corrected chi connectivity index (χ3v) is 1.77. The molecule has 0 aromatic rings. The van der Waals surface area contributed by atoms with E-state index in [1.165, 1.54) is 0 Å². The third kappa shape index (κ3) is 0.708. The van der Waals surface area contributed by atoms with E-state index in [0.717, 1.165) is 5.70 Å². The van der Waals surface area contributed by atoms with Gasteiger partial charge in [0, 0.05) is 17.8 Å². The molecule has 0 aromatic heterocycles. The minimum Gasteiger partial charge on any atom is -0.399 e. The van der Waals surface area contributed by atoms with Gasteiger partial charge in [-0.15, -0.1) is 0 Å². The van der Waals surface area contributed by atoms with E-state index in [9.17, 15) is 0 Å². The van der Waals surface area contributed by atoms with E-state index in [-0.39, 0.29) is 0 Å². The first-order chi connectivity index (χ1) is 4.86. The molecule has 3 nitrogen and oxygen atoms in total. The Kier molecular flexibility index (Phi) is 1.03. The van der Waals surface area contributed by atoms with Crippen LogP contribution in [0.5, 0.6) is 0 Å². The van der Waals surface area contributed by atoms with Gasteiger partial charge in [-0.2, -0.15) is 5.10 Å². The van der Waals surface area contributed by atoms with Crippen molar-refractivity contribution < 1.29 is 0 Å². The maximum absolute atomic E-state index is 5.57. The summed E-state index contributed by atoms with van der Waals surface area (Å²) in [6.07, 6.45) is 7.85. The summed E-state index contributed by atoms with van der Waals surface area (Å²) in [6, 6.07) is 0.296. The molecule has 0 spiro atoms. The van der Waals surface area contributed by atoms with Crippen LogP contribution in [0.3, 0.4) is 0 Å². The number of rotatable bonds is 0. The monoisotopic (exact) mass is 135 g/mol. The molecule has 2 rings (SSSR count). The van der Waals surface area contributed by atoms with Gasteiger partial charge in [-0.3, -0.25) is 0 Å². The Balaban J connectivity index is 2.25. The van der Waals surface area contributed by atoms with Gasteiger partial charge in [-0.1, -0.05) is 6.08 Å². The van der Waals surface area contributed by atoms with Crippen molar-refractivity contribution in [3.05, 3.63) is 23.9 Å². The zero-order valence-corrected chi connectivity index (χ0v) is 5.49. The second-order valence-electron chi connectivity index (χ2n) is 2.54. The van der Waals surface area contributed by atoms with Gasteiger partial charge >= 0.3 is 0 Å². The number of hydrogen-bond acceptors (Lipinski definition) is 3. The Labute approximate surface area is 59.3 Å². The van der Waals surface area contributed by atoms with Crippen molar-refractivity contribution in [2.75, 3.05) is 0 Å². The van der Waals surface area contributed by atoms with Gasteiger partial charge in [0.1, 0.15) is 0 Å². The summed E-state index contributed by atoms with van der Waals surface area (Å²) in [4.78, 5) is 0. The second kappa shape index (κ2) is 1.87. The van der Waals surface area contributed by atoms with E-state index in [1.807, 2.05) is 18.4 Å². The first-order valence-electron chi connectivity index (χ1n) is 3.30. The summed E-state index contributed by atoms with van der Waals surface area (Å²) in [7, 11) is 0. The van der Waals surface area contributed by atoms with Gasteiger partial charge in [-0.05, 0) is 12.2 Å². The van der Waals surface area contributed by atoms with Crippen molar-refractivity contribution in [2.24, 2.45) is 16.8 Å². The van der Waals surface area contributed by atoms with Crippen LogP contribution >= 0.6 is 0 Å². The highest BCUT2D eigenvalue weighted by Gasteiger charge is 2.21. The fourth-order valence-corrected chi connectivity index (χ4v) is 1.20. The van der Waals surface area contributed by atoms with E-state index >= 15 is 0 Å². The lowest BCUT2D eigenvalue weighted by molar-refractivity contribution is 0.618. The quantitative estimate of drug-likeness (QED) is 0.490. The Hall–Kier alpha value is -1.25. The Morgan fingerprint density at radius 3 is 3.40 bits per heavy atom. The molecule has 0 aromatic carbocycles. The molecule has 2 atom stereocenters. The molecule has 1 aliphatic carbocycles. The number of nitrogens with zero attached hydrogens (tertiary/aromatic N) is 1. The van der Waals surface area contributed by atoms with Crippen LogP contribution < -0.4 is 11.2 Å². The molecule has 10 heavy (non-hydrogen) atoms. The van der Waals surface area contributed by atoms with Gasteiger partial charge in [0.05, 0.1) is 6.04 Å². The van der Waals surface area contributed by atoms with Crippen LogP contribution in [0, 0.1) is 5.92 Å². The number of fused-ring (bicyclic) bond motifs is 1. The van der Waals surface area contributed by atoms with Gasteiger partial charge in [0.2, 0.25) is 0 Å². The molecule has 1 heterocycles. The smallest absolute Gasteiger partial charge is 0.0755 e. The molecule has 1 aliphatic heterocycles. The molecule has 3 N–H and O–H groups in total. The molecule has 3 heteroatoms. The standard InChI is InChI=1S/C7H9N3/c8-6-2-1-5-4-9-10-7(5)3-6/h1-5,7,10H,8H2. The molecule has 0 amide bonds. The summed E-state index contributed by atoms with van der Waals surface area (Å²) >= 11 is 0. The Morgan fingerprint density at radius 2 is 2.50 bits per heavy atom. The minimum absolute atomic E-state index is 0.296. The predicted molar refractivity (Wildman–Crippen MR) is 40.3 cm³/mol. The van der Waals surface area contributed by atoms with E-state index in [0.29, 0.717) is 12.0 Å². The number of nitrogens with two attached hydrogens (primary N) is 1. The normalized spacial score (nSPS) is 35.0. The first-order valence-corrected chi connectivity index (χ1v) is 3.30. The fourth-order valence-electron chi connectivity index (χ4n) is 1.20. The van der Waals surface area contributed by atoms with Crippen LogP contribution in [0.1, 0.15) is 0 Å². The highest BCUT2D eigenvalue weighted by molar-refractivity contribution is 5.68. The average Bonchev–Trinajstić information content (AvgIpc) is 2.33. The minimum atomic E-state index is 0.296. The molecule has 2 aliphatic rings. The van der Waals surface area contributed by atoms with Crippen molar-refractivity contribution in [1.82, 2.24) is 5.43 Å². The van der Waals surface area contributed by atoms with E-state index < -0.39 is 0 Å². The van der Waals surface area contributed by atoms with Crippen LogP contribution in [0.2, 0.25) is 0 Å². The number of allylic oxidation sites excluding steroid dienone is 1. The molecule has 2 unspecified atom stereocenters. The molecule has 52 valence electrons. The van der Waals surface area contributed by atoms with E-state index in [1.54, 1.807) is 0 Å². The number of hydrazone groups is 1. The van der Waals surface area contributed by atoms with E-state index in [4.69, 9.17) is 5.73 Å². The molecule has 0 fully saturated rings. The zero-order chi connectivity index (χ0) is 6.97. The van der Waals surface area contributed by atoms with Crippen molar-refractivity contribution >= 4 is 6.21 Å². The molecule has 0 bridgehead atoms. The third-order valence-electron chi connectivity index (χ3n) is 1.77. The van der Waals surface area contributed by atoms with Crippen LogP contribution in [0.25, 0.3) is 0 Å². The Morgan fingerprint density at radius 1 is 1.60 bits per heavy atom. The molecular weight excluding hydrogens is 126 g/mol. The lowest BCUT2D eigenvalue weighted by Crippen LogP contribution is -2.27. The van der Waals surface area contributed by atoms with Crippen LogP contribution in [0.15, 0.2) is 29.0 Å². The largest absolute Gasteiger partial charge is 0.399 e. The summed E-state index contributed by atoms with van der Waals surface area (Å²) in [6.45, 7) is 0. The maximum Gasteiger partial charge on any atom is 0.0755 e. The van der Waals surface area contributed by atoms with Gasteiger partial charge in [-0.25, -0.2) is 0 Å². The van der Waals surface area contributed by atoms with E-state index in [2.05, 4.69) is 16.6 Å². The SMILES string of the molecule is NC1=CC2NN=CC2C=C1. The molecule has 0 saturated heterocycles. The highest BCUT2D eigenvalue weighted by Crippen LogP contribution is 2.15. The van der Waals surface area contributed by atoms with Crippen LogP contribution in [-0.4, -0.2) is 12.3 Å². The van der Waals surface area contributed by atoms with Crippen molar-refractivity contribution in [3.63, 3.8) is 0 Å². The van der Waals surface area contributed by atoms with Crippen molar-refractivity contribution in [3.8, 4) is 0 Å². The van der Waals surface area contributed by atoms with Gasteiger partial charge < -0.3 is 11.2 Å². The maximum atomic E-state index is 5.57. The zero-order valence-electron chi connectivity index (χ0n) is 5.49. The predicted octanol–water partition coefficient (Wildman–Crippen LogP) is -0.0274. The summed E-state index contributed by atoms with van der Waals surface area (Å²) in [5, 5.41) is 3.94. The summed E-state index contributed by atoms with van der Waals surface area (Å²) in [5.41, 5.74) is 9.34. The number of hydrogen-bond donors (Lipinski definition) is 2. The fraction of sp³-hybridized carbons (Fsp3) is 0.286. The lowest BCUT2D eigenvalue weighted by atomic mass is 9.97. The average molecular weight is 135 g/mol. The lowest BCUT2D eigenvalue weighted by Gasteiger charge is -2.14. The molecular formula is C7H9N3. The summed E-state index contributed by atoms with van der Waals surface area (Å²) < 4.78 is 0. The van der Waals surface area contributed by atoms with Crippen molar-refractivity contribution in [1.29, 1.82) is 0 Å². The van der Waals surface area contributed by atoms with Crippen LogP contribution in [0.4, 0.5) is 0 Å². The van der Waals surface area contributed by atoms with Gasteiger partial charge in [0.15, 0.2) is 0 Å². The Bertz CT molecular complexity index is 227. The highest BCUT2D eigenvalue weighted by atomic mass is 15.3. The van der Waals surface area contributed by atoms with Crippen molar-refractivity contribution in [2.45, 2.75) is 6.04 Å². The van der Waals surface area contributed by atoms with Gasteiger partial charge in [0.25, 0.3) is 0 Å². The summed E-state index contributed by atoms with van der Waals surface area (Å²) in [5.74, 6) is 0.410. The van der Waals surface area contributed by atoms with Crippen LogP contribution in [-0.2, 0) is 0 Å².